The van der Waals surface area contributed by atoms with Gasteiger partial charge in [-0.15, -0.1) is 0 Å². The fourth-order valence-electron chi connectivity index (χ4n) is 11.3. The molecule has 6 N–H and O–H groups in total. The van der Waals surface area contributed by atoms with Crippen molar-refractivity contribution in [1.82, 2.24) is 19.8 Å². The van der Waals surface area contributed by atoms with Crippen molar-refractivity contribution in [1.29, 1.82) is 0 Å². The number of aryl methyl sites for hydroxylation is 1. The van der Waals surface area contributed by atoms with E-state index in [0.29, 0.717) is 26.1 Å². The van der Waals surface area contributed by atoms with Crippen LogP contribution < -0.4 is 16.1 Å². The lowest BCUT2D eigenvalue weighted by molar-refractivity contribution is -0.322. The molecule has 3 fully saturated rings. The number of aromatic carboxylic acids is 1. The lowest BCUT2D eigenvalue weighted by Crippen LogP contribution is -2.61. The summed E-state index contributed by atoms with van der Waals surface area (Å²) in [7, 11) is 6.79. The number of ketones is 1. The Morgan fingerprint density at radius 2 is 1.59 bits per heavy atom. The third-order valence-corrected chi connectivity index (χ3v) is 16.0. The van der Waals surface area contributed by atoms with Crippen LogP contribution in [0.3, 0.4) is 0 Å². The molecule has 0 aliphatic carbocycles. The first kappa shape index (κ1) is 62.1. The summed E-state index contributed by atoms with van der Waals surface area (Å²) in [4.78, 5) is 59.3. The number of anilines is 1. The van der Waals surface area contributed by atoms with Gasteiger partial charge in [-0.3, -0.25) is 14.4 Å². The number of cyclic esters (lactones) is 1. The lowest BCUT2D eigenvalue weighted by atomic mass is 9.74. The van der Waals surface area contributed by atoms with Crippen molar-refractivity contribution in [3.8, 4) is 0 Å². The molecule has 0 unspecified atom stereocenters. The SMILES string of the molecule is CC[C@@H]1OC(=O)[C@H](C)[C@H](O[C@@H]2C[C@](C)(OC)[C@H](OCCNCCNc3nc4c(cc3F)c(=O)c(C(=O)O)cn4CC)[C@H](C)O2)[C@@H](C)[C@H](O[C@H]2O[C@@H](C)C[C@@H](N(C)C)[C@H]2O)[C@](C)(OC)C[C@H](C)C(=O)[C@H](C)[C@H](O)[C@@]1(C)O. The summed E-state index contributed by atoms with van der Waals surface area (Å²) in [5.74, 6) is -7.04. The largest absolute Gasteiger partial charge is 0.477 e. The number of methoxy groups -OCH3 is 2. The van der Waals surface area contributed by atoms with Gasteiger partial charge in [0.1, 0.15) is 40.9 Å². The zero-order valence-corrected chi connectivity index (χ0v) is 46.6. The van der Waals surface area contributed by atoms with Crippen LogP contribution in [0.25, 0.3) is 11.0 Å². The number of aromatic nitrogens is 2. The van der Waals surface area contributed by atoms with E-state index in [1.54, 1.807) is 48.7 Å². The zero-order chi connectivity index (χ0) is 56.1. The van der Waals surface area contributed by atoms with Crippen molar-refractivity contribution in [3.05, 3.63) is 33.9 Å². The maximum absolute atomic E-state index is 15.1. The highest BCUT2D eigenvalue weighted by Crippen LogP contribution is 2.42. The smallest absolute Gasteiger partial charge is 0.341 e. The summed E-state index contributed by atoms with van der Waals surface area (Å²) in [5.41, 5.74) is -5.46. The van der Waals surface area contributed by atoms with Crippen molar-refractivity contribution in [2.75, 3.05) is 59.9 Å². The lowest BCUT2D eigenvalue weighted by Gasteiger charge is -2.50. The molecule has 0 amide bonds. The summed E-state index contributed by atoms with van der Waals surface area (Å²) in [6.45, 7) is 20.5. The topological polar surface area (TPSA) is 268 Å². The molecule has 426 valence electrons. The van der Waals surface area contributed by atoms with Gasteiger partial charge in [-0.2, -0.15) is 0 Å². The van der Waals surface area contributed by atoms with Gasteiger partial charge >= 0.3 is 11.9 Å². The number of aliphatic hydroxyl groups excluding tert-OH is 2. The molecule has 0 aromatic carbocycles. The quantitative estimate of drug-likeness (QED) is 0.0917. The van der Waals surface area contributed by atoms with Gasteiger partial charge < -0.3 is 78.4 Å². The molecule has 3 aliphatic heterocycles. The molecule has 2 aromatic heterocycles. The molecule has 0 spiro atoms. The van der Waals surface area contributed by atoms with Crippen molar-refractivity contribution < 1.29 is 77.1 Å². The van der Waals surface area contributed by atoms with Gasteiger partial charge in [-0.05, 0) is 87.9 Å². The van der Waals surface area contributed by atoms with Crippen molar-refractivity contribution in [2.45, 2.75) is 193 Å². The minimum Gasteiger partial charge on any atom is -0.477 e. The average Bonchev–Trinajstić information content (AvgIpc) is 3.36. The van der Waals surface area contributed by atoms with Crippen LogP contribution >= 0.6 is 0 Å². The minimum absolute atomic E-state index is 0.0690. The maximum atomic E-state index is 15.1. The number of nitrogens with zero attached hydrogens (tertiary/aromatic N) is 3. The fourth-order valence-corrected chi connectivity index (χ4v) is 11.3. The second-order valence-electron chi connectivity index (χ2n) is 21.8. The molecule has 3 aliphatic rings. The van der Waals surface area contributed by atoms with Gasteiger partial charge in [-0.1, -0.05) is 27.7 Å². The summed E-state index contributed by atoms with van der Waals surface area (Å²) in [5, 5.41) is 50.8. The Morgan fingerprint density at radius 3 is 2.19 bits per heavy atom. The van der Waals surface area contributed by atoms with E-state index in [4.69, 9.17) is 37.9 Å². The first-order valence-corrected chi connectivity index (χ1v) is 26.3. The van der Waals surface area contributed by atoms with Crippen LogP contribution in [0.2, 0.25) is 0 Å². The molecular formula is C53H86FN5O16. The van der Waals surface area contributed by atoms with Crippen molar-refractivity contribution in [3.63, 3.8) is 0 Å². The van der Waals surface area contributed by atoms with E-state index >= 15 is 4.39 Å². The summed E-state index contributed by atoms with van der Waals surface area (Å²) in [6, 6.07) is 0.667. The Bertz CT molecular complexity index is 2320. The zero-order valence-electron chi connectivity index (χ0n) is 46.6. The molecule has 22 heteroatoms. The van der Waals surface area contributed by atoms with Crippen LogP contribution in [0, 0.1) is 29.5 Å². The number of carboxylic acids is 1. The number of ether oxygens (including phenoxy) is 8. The summed E-state index contributed by atoms with van der Waals surface area (Å²) in [6.07, 6.45) is -7.66. The van der Waals surface area contributed by atoms with Gasteiger partial charge in [0.15, 0.2) is 24.2 Å². The van der Waals surface area contributed by atoms with Gasteiger partial charge in [0, 0.05) is 76.8 Å². The standard InChI is InChI=1S/C53H86FN5O16/c1-16-37-53(11,67)43(63)29(5)39(60)27(3)24-51(9,68-14)44(75-50-41(62)36(58(12)13)22-28(4)71-50)30(6)42(31(7)49(66)73-37)74-38-25-52(10,69-15)45(32(8)72-38)70-21-20-55-18-19-56-46-35(54)23-33-40(61)34(48(64)65)26-59(17-2)47(33)57-46/h23,26-32,36-38,41-45,50,55,62-63,67H,16-22,24-25H2,1-15H3,(H,56,57)(H,64,65)/t27-,28-,29-,30+,31+,32-,36+,37-,38+,41+,42+,43-,44-,45+,50+,51+,52-,53-/m0/s1. The number of aliphatic hydroxyl groups is 3. The van der Waals surface area contributed by atoms with E-state index in [1.165, 1.54) is 24.8 Å². The Balaban J connectivity index is 1.36. The first-order valence-electron chi connectivity index (χ1n) is 26.3. The van der Waals surface area contributed by atoms with Gasteiger partial charge in [0.25, 0.3) is 0 Å². The number of hydrogen-bond acceptors (Lipinski definition) is 19. The third kappa shape index (κ3) is 13.7. The highest BCUT2D eigenvalue weighted by molar-refractivity contribution is 5.92. The monoisotopic (exact) mass is 1070 g/mol. The number of carbonyl (C=O) groups excluding carboxylic acids is 2. The van der Waals surface area contributed by atoms with Crippen LogP contribution in [0.1, 0.15) is 112 Å². The molecule has 3 saturated heterocycles. The van der Waals surface area contributed by atoms with E-state index in [0.717, 1.165) is 6.07 Å². The molecule has 2 aromatic rings. The fraction of sp³-hybridized carbons (Fsp3) is 0.792. The molecule has 18 atom stereocenters. The Kier molecular flexibility index (Phi) is 21.3. The summed E-state index contributed by atoms with van der Waals surface area (Å²) >= 11 is 0. The molecule has 75 heavy (non-hydrogen) atoms. The van der Waals surface area contributed by atoms with Gasteiger partial charge in [0.2, 0.25) is 5.43 Å². The molecular weight excluding hydrogens is 982 g/mol. The van der Waals surface area contributed by atoms with Gasteiger partial charge in [-0.25, -0.2) is 14.2 Å². The summed E-state index contributed by atoms with van der Waals surface area (Å²) < 4.78 is 68.4. The maximum Gasteiger partial charge on any atom is 0.341 e. The Hall–Kier alpha value is -3.78. The van der Waals surface area contributed by atoms with Crippen LogP contribution in [0.15, 0.2) is 17.1 Å². The number of pyridine rings is 2. The van der Waals surface area contributed by atoms with Crippen LogP contribution in [-0.4, -0.2) is 191 Å². The predicted octanol–water partition coefficient (Wildman–Crippen LogP) is 3.73. The number of nitrogens with one attached hydrogen (secondary N) is 2. The predicted molar refractivity (Wildman–Crippen MR) is 275 cm³/mol. The van der Waals surface area contributed by atoms with Crippen molar-refractivity contribution in [2.24, 2.45) is 23.7 Å². The highest BCUT2D eigenvalue weighted by atomic mass is 19.1. The molecule has 21 nitrogen and oxygen atoms in total. The Morgan fingerprint density at radius 1 is 0.933 bits per heavy atom. The molecule has 0 radical (unpaired) electrons. The van der Waals surface area contributed by atoms with Crippen LogP contribution in [0.5, 0.6) is 0 Å². The number of rotatable bonds is 18. The number of carboxylic acid groups (broad SMARTS) is 1. The molecule has 5 heterocycles. The number of fused-ring (bicyclic) bond motifs is 1. The minimum atomic E-state index is -2.02. The van der Waals surface area contributed by atoms with Crippen LogP contribution in [0.4, 0.5) is 10.2 Å². The number of Topliss-reactive ketones (excluding diaryl/α,β-unsaturated/α-hetero) is 1. The molecule has 5 rings (SSSR count). The second-order valence-corrected chi connectivity index (χ2v) is 21.8. The van der Waals surface area contributed by atoms with E-state index in [-0.39, 0.29) is 67.2 Å². The van der Waals surface area contributed by atoms with Gasteiger partial charge in [0.05, 0.1) is 59.6 Å². The molecule has 0 bridgehead atoms. The van der Waals surface area contributed by atoms with E-state index in [2.05, 4.69) is 15.6 Å². The van der Waals surface area contributed by atoms with E-state index in [1.807, 2.05) is 46.7 Å². The molecule has 0 saturated carbocycles. The second kappa shape index (κ2) is 25.8. The first-order chi connectivity index (χ1) is 35.1. The van der Waals surface area contributed by atoms with E-state index < -0.39 is 125 Å². The number of hydrogen-bond donors (Lipinski definition) is 6. The third-order valence-electron chi connectivity index (χ3n) is 16.0. The average molecular weight is 1070 g/mol. The number of halogens is 1. The van der Waals surface area contributed by atoms with E-state index in [9.17, 15) is 39.6 Å². The van der Waals surface area contributed by atoms with Crippen LogP contribution in [-0.2, 0) is 54.0 Å². The number of likely N-dealkylation sites (N-methyl/N-ethyl adjacent to an activating group) is 1. The Labute approximate surface area is 440 Å². The number of carbonyl (C=O) groups is 3. The van der Waals surface area contributed by atoms with Crippen molar-refractivity contribution >= 4 is 34.6 Å². The number of esters is 1. The highest BCUT2D eigenvalue weighted by Gasteiger charge is 2.54. The normalized spacial score (nSPS) is 37.6.